The summed E-state index contributed by atoms with van der Waals surface area (Å²) in [5.74, 6) is 0. The Morgan fingerprint density at radius 2 is 1.62 bits per heavy atom. The monoisotopic (exact) mass is 186 g/mol. The standard InChI is InChI=1S/C10H22N2O/c1-9(2)7-12(6-5-11)8-10(3,4)13-9/h5-8,11H2,1-4H3. The minimum absolute atomic E-state index is 0.0447. The molecule has 0 aromatic heterocycles. The third-order valence-corrected chi connectivity index (χ3v) is 2.21. The minimum Gasteiger partial charge on any atom is -0.367 e. The minimum atomic E-state index is -0.0447. The van der Waals surface area contributed by atoms with Crippen molar-refractivity contribution in [1.29, 1.82) is 0 Å². The van der Waals surface area contributed by atoms with Gasteiger partial charge in [0.25, 0.3) is 0 Å². The summed E-state index contributed by atoms with van der Waals surface area (Å²) in [7, 11) is 0. The topological polar surface area (TPSA) is 38.5 Å². The van der Waals surface area contributed by atoms with Crippen molar-refractivity contribution in [3.05, 3.63) is 0 Å². The van der Waals surface area contributed by atoms with Gasteiger partial charge in [0.1, 0.15) is 0 Å². The SMILES string of the molecule is CC1(C)CN(CCN)CC(C)(C)O1. The summed E-state index contributed by atoms with van der Waals surface area (Å²) in [6, 6.07) is 0. The molecule has 1 rings (SSSR count). The molecule has 0 aliphatic carbocycles. The second-order valence-corrected chi connectivity index (χ2v) is 5.12. The van der Waals surface area contributed by atoms with Crippen molar-refractivity contribution in [2.45, 2.75) is 38.9 Å². The number of rotatable bonds is 2. The Morgan fingerprint density at radius 3 is 2.00 bits per heavy atom. The Hall–Kier alpha value is -0.120. The number of hydrogen-bond acceptors (Lipinski definition) is 3. The van der Waals surface area contributed by atoms with Gasteiger partial charge in [-0.1, -0.05) is 0 Å². The van der Waals surface area contributed by atoms with Gasteiger partial charge in [0, 0.05) is 26.2 Å². The first-order chi connectivity index (χ1) is 5.85. The van der Waals surface area contributed by atoms with Crippen LogP contribution in [0.25, 0.3) is 0 Å². The van der Waals surface area contributed by atoms with E-state index in [-0.39, 0.29) is 11.2 Å². The maximum atomic E-state index is 5.96. The average molecular weight is 186 g/mol. The van der Waals surface area contributed by atoms with Gasteiger partial charge in [-0.15, -0.1) is 0 Å². The van der Waals surface area contributed by atoms with E-state index in [1.165, 1.54) is 0 Å². The fourth-order valence-corrected chi connectivity index (χ4v) is 2.29. The van der Waals surface area contributed by atoms with Crippen LogP contribution in [-0.4, -0.2) is 42.3 Å². The van der Waals surface area contributed by atoms with E-state index < -0.39 is 0 Å². The van der Waals surface area contributed by atoms with Crippen LogP contribution in [0.1, 0.15) is 27.7 Å². The molecule has 0 spiro atoms. The van der Waals surface area contributed by atoms with E-state index in [0.717, 1.165) is 26.2 Å². The van der Waals surface area contributed by atoms with Crippen molar-refractivity contribution in [3.8, 4) is 0 Å². The van der Waals surface area contributed by atoms with Gasteiger partial charge in [0.05, 0.1) is 11.2 Å². The third-order valence-electron chi connectivity index (χ3n) is 2.21. The van der Waals surface area contributed by atoms with Gasteiger partial charge in [-0.05, 0) is 27.7 Å². The summed E-state index contributed by atoms with van der Waals surface area (Å²) in [5.41, 5.74) is 5.46. The smallest absolute Gasteiger partial charge is 0.0760 e. The van der Waals surface area contributed by atoms with E-state index in [1.807, 2.05) is 0 Å². The van der Waals surface area contributed by atoms with Crippen LogP contribution in [0.5, 0.6) is 0 Å². The molecule has 0 saturated carbocycles. The van der Waals surface area contributed by atoms with Crippen molar-refractivity contribution >= 4 is 0 Å². The second-order valence-electron chi connectivity index (χ2n) is 5.12. The lowest BCUT2D eigenvalue weighted by Crippen LogP contribution is -2.57. The molecule has 3 nitrogen and oxygen atoms in total. The lowest BCUT2D eigenvalue weighted by Gasteiger charge is -2.47. The number of ether oxygens (including phenoxy) is 1. The first-order valence-electron chi connectivity index (χ1n) is 4.97. The van der Waals surface area contributed by atoms with Gasteiger partial charge >= 0.3 is 0 Å². The Kier molecular flexibility index (Phi) is 3.00. The molecule has 3 heteroatoms. The van der Waals surface area contributed by atoms with Crippen LogP contribution >= 0.6 is 0 Å². The lowest BCUT2D eigenvalue weighted by atomic mass is 9.99. The van der Waals surface area contributed by atoms with Gasteiger partial charge in [-0.2, -0.15) is 0 Å². The quantitative estimate of drug-likeness (QED) is 0.694. The van der Waals surface area contributed by atoms with Crippen molar-refractivity contribution in [2.75, 3.05) is 26.2 Å². The van der Waals surface area contributed by atoms with Crippen molar-refractivity contribution < 1.29 is 4.74 Å². The first kappa shape index (κ1) is 11.0. The van der Waals surface area contributed by atoms with Crippen LogP contribution in [0.3, 0.4) is 0 Å². The Balaban J connectivity index is 2.61. The summed E-state index contributed by atoms with van der Waals surface area (Å²) < 4.78 is 5.96. The molecule has 0 aromatic carbocycles. The van der Waals surface area contributed by atoms with Gasteiger partial charge in [0.2, 0.25) is 0 Å². The van der Waals surface area contributed by atoms with E-state index in [9.17, 15) is 0 Å². The van der Waals surface area contributed by atoms with Crippen LogP contribution in [-0.2, 0) is 4.74 Å². The molecular weight excluding hydrogens is 164 g/mol. The molecule has 0 bridgehead atoms. The first-order valence-corrected chi connectivity index (χ1v) is 4.97. The Labute approximate surface area is 81.2 Å². The molecule has 1 aliphatic heterocycles. The highest BCUT2D eigenvalue weighted by atomic mass is 16.5. The molecule has 1 fully saturated rings. The van der Waals surface area contributed by atoms with Crippen molar-refractivity contribution in [1.82, 2.24) is 4.90 Å². The summed E-state index contributed by atoms with van der Waals surface area (Å²) in [6.45, 7) is 12.2. The Morgan fingerprint density at radius 1 is 1.15 bits per heavy atom. The van der Waals surface area contributed by atoms with E-state index >= 15 is 0 Å². The molecule has 1 saturated heterocycles. The Bertz CT molecular complexity index is 162. The number of hydrogen-bond donors (Lipinski definition) is 1. The molecule has 1 heterocycles. The van der Waals surface area contributed by atoms with E-state index in [0.29, 0.717) is 0 Å². The van der Waals surface area contributed by atoms with E-state index in [1.54, 1.807) is 0 Å². The summed E-state index contributed by atoms with van der Waals surface area (Å²) >= 11 is 0. The molecular formula is C10H22N2O. The fraction of sp³-hybridized carbons (Fsp3) is 1.00. The fourth-order valence-electron chi connectivity index (χ4n) is 2.29. The van der Waals surface area contributed by atoms with E-state index in [2.05, 4.69) is 32.6 Å². The van der Waals surface area contributed by atoms with Gasteiger partial charge in [-0.3, -0.25) is 4.90 Å². The van der Waals surface area contributed by atoms with Gasteiger partial charge in [-0.25, -0.2) is 0 Å². The maximum Gasteiger partial charge on any atom is 0.0760 e. The molecule has 1 aliphatic rings. The number of nitrogens with zero attached hydrogens (tertiary/aromatic N) is 1. The zero-order chi connectivity index (χ0) is 10.1. The van der Waals surface area contributed by atoms with Crippen LogP contribution < -0.4 is 5.73 Å². The molecule has 0 radical (unpaired) electrons. The molecule has 13 heavy (non-hydrogen) atoms. The summed E-state index contributed by atoms with van der Waals surface area (Å²) in [4.78, 5) is 2.38. The average Bonchev–Trinajstić information content (AvgIpc) is 1.78. The zero-order valence-electron chi connectivity index (χ0n) is 9.26. The van der Waals surface area contributed by atoms with Crippen LogP contribution in [0.2, 0.25) is 0 Å². The van der Waals surface area contributed by atoms with E-state index in [4.69, 9.17) is 10.5 Å². The normalized spacial score (nSPS) is 27.5. The highest BCUT2D eigenvalue weighted by molar-refractivity contribution is 4.88. The maximum absolute atomic E-state index is 5.96. The zero-order valence-corrected chi connectivity index (χ0v) is 9.26. The predicted molar refractivity (Wildman–Crippen MR) is 54.7 cm³/mol. The molecule has 78 valence electrons. The van der Waals surface area contributed by atoms with Crippen molar-refractivity contribution in [2.24, 2.45) is 5.73 Å². The van der Waals surface area contributed by atoms with Crippen molar-refractivity contribution in [3.63, 3.8) is 0 Å². The number of nitrogens with two attached hydrogens (primary N) is 1. The van der Waals surface area contributed by atoms with Gasteiger partial charge in [0.15, 0.2) is 0 Å². The summed E-state index contributed by atoms with van der Waals surface area (Å²) in [6.07, 6.45) is 0. The summed E-state index contributed by atoms with van der Waals surface area (Å²) in [5, 5.41) is 0. The van der Waals surface area contributed by atoms with Gasteiger partial charge < -0.3 is 10.5 Å². The van der Waals surface area contributed by atoms with Crippen LogP contribution in [0, 0.1) is 0 Å². The molecule has 2 N–H and O–H groups in total. The molecule has 0 amide bonds. The van der Waals surface area contributed by atoms with Crippen LogP contribution in [0.15, 0.2) is 0 Å². The third kappa shape index (κ3) is 3.25. The van der Waals surface area contributed by atoms with Crippen LogP contribution in [0.4, 0.5) is 0 Å². The molecule has 0 aromatic rings. The highest BCUT2D eigenvalue weighted by Gasteiger charge is 2.37. The molecule has 0 atom stereocenters. The largest absolute Gasteiger partial charge is 0.367 e. The second kappa shape index (κ2) is 3.56. The number of morpholine rings is 1. The molecule has 0 unspecified atom stereocenters. The predicted octanol–water partition coefficient (Wildman–Crippen LogP) is 0.834. The lowest BCUT2D eigenvalue weighted by molar-refractivity contribution is -0.179. The highest BCUT2D eigenvalue weighted by Crippen LogP contribution is 2.27.